The molecule has 0 amide bonds. The number of rotatable bonds is 0. The first-order chi connectivity index (χ1) is 10.1. The second-order valence-electron chi connectivity index (χ2n) is 6.03. The Morgan fingerprint density at radius 2 is 1.71 bits per heavy atom. The third-order valence-electron chi connectivity index (χ3n) is 4.34. The number of aryl methyl sites for hydroxylation is 1. The zero-order chi connectivity index (χ0) is 14.6. The number of fused-ring (bicyclic) bond motifs is 2. The van der Waals surface area contributed by atoms with Crippen LogP contribution in [0.4, 0.5) is 0 Å². The van der Waals surface area contributed by atoms with Gasteiger partial charge < -0.3 is 0 Å². The molecular weight excluding hydrogens is 254 g/mol. The molecule has 1 nitrogen and oxygen atoms in total. The van der Waals surface area contributed by atoms with Crippen molar-refractivity contribution in [3.05, 3.63) is 65.2 Å². The minimum absolute atomic E-state index is 1.28. The van der Waals surface area contributed by atoms with Crippen molar-refractivity contribution in [1.82, 2.24) is 0 Å². The van der Waals surface area contributed by atoms with E-state index in [1.165, 1.54) is 43.9 Å². The Kier molecular flexibility index (Phi) is 2.52. The Hall–Kier alpha value is -2.41. The molecule has 0 saturated carbocycles. The van der Waals surface area contributed by atoms with Gasteiger partial charge in [0.1, 0.15) is 14.1 Å². The van der Waals surface area contributed by atoms with Crippen LogP contribution in [0.15, 0.2) is 48.5 Å². The molecule has 0 aromatic heterocycles. The fourth-order valence-electron chi connectivity index (χ4n) is 3.35. The highest BCUT2D eigenvalue weighted by atomic mass is 14.9. The maximum absolute atomic E-state index is 2.31. The Labute approximate surface area is 124 Å². The van der Waals surface area contributed by atoms with Gasteiger partial charge in [-0.2, -0.15) is 0 Å². The molecule has 1 heteroatoms. The van der Waals surface area contributed by atoms with Gasteiger partial charge in [-0.05, 0) is 46.9 Å². The molecule has 0 unspecified atom stereocenters. The Morgan fingerprint density at radius 3 is 2.52 bits per heavy atom. The van der Waals surface area contributed by atoms with Crippen LogP contribution in [0.2, 0.25) is 0 Å². The van der Waals surface area contributed by atoms with Crippen LogP contribution >= 0.6 is 0 Å². The average Bonchev–Trinajstić information content (AvgIpc) is 2.48. The summed E-state index contributed by atoms with van der Waals surface area (Å²) >= 11 is 0. The van der Waals surface area contributed by atoms with Crippen LogP contribution < -0.4 is 0 Å². The Balaban J connectivity index is 2.26. The van der Waals surface area contributed by atoms with Gasteiger partial charge in [0.05, 0.1) is 5.56 Å². The van der Waals surface area contributed by atoms with Crippen molar-refractivity contribution in [2.45, 2.75) is 6.92 Å². The van der Waals surface area contributed by atoms with Crippen LogP contribution in [0.1, 0.15) is 16.7 Å². The predicted molar refractivity (Wildman–Crippen MR) is 91.4 cm³/mol. The molecule has 1 aliphatic carbocycles. The third-order valence-corrected chi connectivity index (χ3v) is 4.34. The summed E-state index contributed by atoms with van der Waals surface area (Å²) in [4.78, 5) is 0. The molecule has 0 atom stereocenters. The van der Waals surface area contributed by atoms with Crippen LogP contribution in [0.25, 0.3) is 27.6 Å². The summed E-state index contributed by atoms with van der Waals surface area (Å²) in [6.45, 7) is 2.16. The molecular formula is C20H18N+. The van der Waals surface area contributed by atoms with E-state index in [0.717, 1.165) is 0 Å². The van der Waals surface area contributed by atoms with E-state index < -0.39 is 0 Å². The average molecular weight is 272 g/mol. The molecule has 4 rings (SSSR count). The Bertz CT molecular complexity index is 954. The van der Waals surface area contributed by atoms with Gasteiger partial charge in [0.2, 0.25) is 5.71 Å². The lowest BCUT2D eigenvalue weighted by atomic mass is 9.88. The van der Waals surface area contributed by atoms with Crippen molar-refractivity contribution >= 4 is 33.3 Å². The molecule has 102 valence electrons. The number of benzene rings is 3. The number of nitrogens with zero attached hydrogens (tertiary/aromatic N) is 1. The fraction of sp³-hybridized carbons (Fsp3) is 0.150. The molecule has 0 radical (unpaired) electrons. The van der Waals surface area contributed by atoms with E-state index in [4.69, 9.17) is 0 Å². The molecule has 0 heterocycles. The largest absolute Gasteiger partial charge is 0.235 e. The summed E-state index contributed by atoms with van der Waals surface area (Å²) in [5.41, 5.74) is 5.24. The van der Waals surface area contributed by atoms with Gasteiger partial charge in [0, 0.05) is 11.5 Å². The molecule has 0 aliphatic heterocycles. The van der Waals surface area contributed by atoms with E-state index in [9.17, 15) is 0 Å². The zero-order valence-corrected chi connectivity index (χ0v) is 12.6. The van der Waals surface area contributed by atoms with Crippen molar-refractivity contribution in [3.63, 3.8) is 0 Å². The molecule has 0 spiro atoms. The van der Waals surface area contributed by atoms with Crippen molar-refractivity contribution in [2.75, 3.05) is 14.1 Å². The molecule has 0 saturated heterocycles. The molecule has 3 aromatic rings. The van der Waals surface area contributed by atoms with E-state index in [1.54, 1.807) is 0 Å². The summed E-state index contributed by atoms with van der Waals surface area (Å²) < 4.78 is 2.19. The first-order valence-corrected chi connectivity index (χ1v) is 7.34. The lowest BCUT2D eigenvalue weighted by molar-refractivity contribution is -0.462. The second-order valence-corrected chi connectivity index (χ2v) is 6.03. The highest BCUT2D eigenvalue weighted by Gasteiger charge is 2.19. The first-order valence-electron chi connectivity index (χ1n) is 7.34. The summed E-state index contributed by atoms with van der Waals surface area (Å²) in [5.74, 6) is 0. The van der Waals surface area contributed by atoms with Crippen LogP contribution in [0.5, 0.6) is 0 Å². The van der Waals surface area contributed by atoms with Gasteiger partial charge in [-0.25, -0.2) is 4.58 Å². The number of hydrogen-bond donors (Lipinski definition) is 0. The molecule has 1 aliphatic rings. The fourth-order valence-corrected chi connectivity index (χ4v) is 3.35. The summed E-state index contributed by atoms with van der Waals surface area (Å²) in [6, 6.07) is 15.7. The van der Waals surface area contributed by atoms with Gasteiger partial charge in [-0.3, -0.25) is 0 Å². The quantitative estimate of drug-likeness (QED) is 0.422. The van der Waals surface area contributed by atoms with E-state index in [0.29, 0.717) is 0 Å². The maximum Gasteiger partial charge on any atom is 0.207 e. The minimum atomic E-state index is 1.28. The summed E-state index contributed by atoms with van der Waals surface area (Å²) in [5, 5.41) is 5.40. The summed E-state index contributed by atoms with van der Waals surface area (Å²) in [6.07, 6.45) is 4.46. The molecule has 0 bridgehead atoms. The summed E-state index contributed by atoms with van der Waals surface area (Å²) in [7, 11) is 4.21. The third kappa shape index (κ3) is 1.74. The van der Waals surface area contributed by atoms with Crippen LogP contribution in [0.3, 0.4) is 0 Å². The number of hydrogen-bond acceptors (Lipinski definition) is 0. The predicted octanol–water partition coefficient (Wildman–Crippen LogP) is 4.39. The van der Waals surface area contributed by atoms with Crippen molar-refractivity contribution < 1.29 is 4.58 Å². The second kappa shape index (κ2) is 4.29. The van der Waals surface area contributed by atoms with Gasteiger partial charge in [-0.15, -0.1) is 0 Å². The zero-order valence-electron chi connectivity index (χ0n) is 12.6. The highest BCUT2D eigenvalue weighted by Crippen LogP contribution is 2.34. The standard InChI is InChI=1S/C20H18N/c1-13-7-8-14-12-15-9-10-19(21(2)3)17-6-4-5-16(20(15)17)18(14)11-13/h4-12H,1-3H3/q+1. The molecule has 0 N–H and O–H groups in total. The maximum atomic E-state index is 2.31. The topological polar surface area (TPSA) is 3.01 Å². The van der Waals surface area contributed by atoms with Crippen molar-refractivity contribution in [2.24, 2.45) is 0 Å². The van der Waals surface area contributed by atoms with Crippen LogP contribution in [-0.2, 0) is 0 Å². The van der Waals surface area contributed by atoms with Crippen molar-refractivity contribution in [1.29, 1.82) is 0 Å². The SMILES string of the molecule is Cc1ccc2cc3c4c(cccc4c2c1)C(=[N+](C)C)C=C3. The van der Waals surface area contributed by atoms with Gasteiger partial charge >= 0.3 is 0 Å². The lowest BCUT2D eigenvalue weighted by Crippen LogP contribution is -2.14. The van der Waals surface area contributed by atoms with Crippen LogP contribution in [0, 0.1) is 6.92 Å². The first kappa shape index (κ1) is 12.3. The normalized spacial score (nSPS) is 13.2. The van der Waals surface area contributed by atoms with Crippen molar-refractivity contribution in [3.8, 4) is 0 Å². The molecule has 3 aromatic carbocycles. The van der Waals surface area contributed by atoms with Crippen LogP contribution in [-0.4, -0.2) is 24.4 Å². The smallest absolute Gasteiger partial charge is 0.207 e. The Morgan fingerprint density at radius 1 is 0.857 bits per heavy atom. The van der Waals surface area contributed by atoms with Gasteiger partial charge in [0.15, 0.2) is 0 Å². The molecule has 0 fully saturated rings. The van der Waals surface area contributed by atoms with Gasteiger partial charge in [-0.1, -0.05) is 35.9 Å². The number of allylic oxidation sites excluding steroid dienone is 1. The van der Waals surface area contributed by atoms with E-state index >= 15 is 0 Å². The van der Waals surface area contributed by atoms with E-state index in [2.05, 4.69) is 80.2 Å². The van der Waals surface area contributed by atoms with E-state index in [1.807, 2.05) is 0 Å². The van der Waals surface area contributed by atoms with E-state index in [-0.39, 0.29) is 0 Å². The highest BCUT2D eigenvalue weighted by molar-refractivity contribution is 6.24. The lowest BCUT2D eigenvalue weighted by Gasteiger charge is -2.15. The monoisotopic (exact) mass is 272 g/mol. The minimum Gasteiger partial charge on any atom is -0.235 e. The molecule has 21 heavy (non-hydrogen) atoms. The van der Waals surface area contributed by atoms with Gasteiger partial charge in [0.25, 0.3) is 0 Å².